The van der Waals surface area contributed by atoms with Crippen molar-refractivity contribution in [3.8, 4) is 11.5 Å². The molecule has 0 saturated heterocycles. The second-order valence-corrected chi connectivity index (χ2v) is 3.35. The number of hydrogen-bond acceptors (Lipinski definition) is 3. The molecule has 2 heterocycles. The van der Waals surface area contributed by atoms with Gasteiger partial charge < -0.3 is 14.0 Å². The van der Waals surface area contributed by atoms with E-state index in [4.69, 9.17) is 9.47 Å². The summed E-state index contributed by atoms with van der Waals surface area (Å²) in [4.78, 5) is 4.31. The summed E-state index contributed by atoms with van der Waals surface area (Å²) in [7, 11) is 3.25. The molecule has 0 atom stereocenters. The third kappa shape index (κ3) is 2.00. The molecule has 0 radical (unpaired) electrons. The van der Waals surface area contributed by atoms with Crippen LogP contribution in [0.25, 0.3) is 0 Å². The van der Waals surface area contributed by atoms with Crippen LogP contribution in [0, 0.1) is 0 Å². The van der Waals surface area contributed by atoms with Crippen molar-refractivity contribution in [3.63, 3.8) is 0 Å². The lowest BCUT2D eigenvalue weighted by Gasteiger charge is -2.11. The smallest absolute Gasteiger partial charge is 0.184 e. The van der Waals surface area contributed by atoms with Gasteiger partial charge in [-0.25, -0.2) is 0 Å². The molecule has 4 heteroatoms. The van der Waals surface area contributed by atoms with E-state index in [9.17, 15) is 0 Å². The molecule has 0 aliphatic heterocycles. The van der Waals surface area contributed by atoms with Gasteiger partial charge in [0.15, 0.2) is 11.5 Å². The average molecular weight is 218 g/mol. The van der Waals surface area contributed by atoms with Crippen molar-refractivity contribution in [3.05, 3.63) is 42.5 Å². The number of hydrogen-bond donors (Lipinski definition) is 0. The zero-order valence-corrected chi connectivity index (χ0v) is 9.38. The quantitative estimate of drug-likeness (QED) is 0.787. The van der Waals surface area contributed by atoms with Gasteiger partial charge >= 0.3 is 0 Å². The third-order valence-electron chi connectivity index (χ3n) is 2.36. The molecule has 0 N–H and O–H groups in total. The van der Waals surface area contributed by atoms with E-state index in [1.807, 2.05) is 29.1 Å². The number of ether oxygens (including phenoxy) is 2. The van der Waals surface area contributed by atoms with Crippen molar-refractivity contribution in [2.45, 2.75) is 6.54 Å². The number of rotatable bonds is 4. The molecule has 0 fully saturated rings. The third-order valence-corrected chi connectivity index (χ3v) is 2.36. The van der Waals surface area contributed by atoms with Gasteiger partial charge in [0.2, 0.25) is 0 Å². The van der Waals surface area contributed by atoms with Gasteiger partial charge in [0.25, 0.3) is 0 Å². The maximum absolute atomic E-state index is 5.32. The van der Waals surface area contributed by atoms with Gasteiger partial charge in [0, 0.05) is 24.7 Å². The Balaban J connectivity index is 2.33. The molecule has 0 saturated carbocycles. The molecule has 2 aromatic heterocycles. The highest BCUT2D eigenvalue weighted by molar-refractivity contribution is 5.42. The Labute approximate surface area is 94.4 Å². The van der Waals surface area contributed by atoms with Crippen LogP contribution >= 0.6 is 0 Å². The minimum atomic E-state index is 0.674. The first-order valence-electron chi connectivity index (χ1n) is 5.01. The van der Waals surface area contributed by atoms with E-state index < -0.39 is 0 Å². The second-order valence-electron chi connectivity index (χ2n) is 3.35. The van der Waals surface area contributed by atoms with E-state index in [1.165, 1.54) is 0 Å². The van der Waals surface area contributed by atoms with E-state index in [2.05, 4.69) is 4.98 Å². The zero-order valence-electron chi connectivity index (χ0n) is 9.38. The van der Waals surface area contributed by atoms with Gasteiger partial charge in [-0.1, -0.05) is 0 Å². The Morgan fingerprint density at radius 1 is 1.19 bits per heavy atom. The lowest BCUT2D eigenvalue weighted by Crippen LogP contribution is -2.03. The molecule has 2 rings (SSSR count). The van der Waals surface area contributed by atoms with Crippen molar-refractivity contribution in [1.82, 2.24) is 9.55 Å². The molecule has 0 aliphatic carbocycles. The summed E-state index contributed by atoms with van der Waals surface area (Å²) >= 11 is 0. The Bertz CT molecular complexity index is 452. The van der Waals surface area contributed by atoms with Gasteiger partial charge in [0.05, 0.1) is 20.8 Å². The summed E-state index contributed by atoms with van der Waals surface area (Å²) in [6.45, 7) is 0.674. The molecule has 0 aromatic carbocycles. The highest BCUT2D eigenvalue weighted by Crippen LogP contribution is 2.29. The Morgan fingerprint density at radius 2 is 1.94 bits per heavy atom. The highest BCUT2D eigenvalue weighted by atomic mass is 16.5. The van der Waals surface area contributed by atoms with Gasteiger partial charge in [0.1, 0.15) is 5.69 Å². The fraction of sp³-hybridized carbons (Fsp3) is 0.250. The van der Waals surface area contributed by atoms with Crippen LogP contribution in [0.2, 0.25) is 0 Å². The summed E-state index contributed by atoms with van der Waals surface area (Å²) in [6, 6.07) is 5.75. The maximum atomic E-state index is 5.32. The van der Waals surface area contributed by atoms with E-state index in [0.29, 0.717) is 18.0 Å². The van der Waals surface area contributed by atoms with Crippen LogP contribution in [0.3, 0.4) is 0 Å². The van der Waals surface area contributed by atoms with E-state index in [-0.39, 0.29) is 0 Å². The Morgan fingerprint density at radius 3 is 2.56 bits per heavy atom. The highest BCUT2D eigenvalue weighted by Gasteiger charge is 2.10. The summed E-state index contributed by atoms with van der Waals surface area (Å²) in [5, 5.41) is 0. The van der Waals surface area contributed by atoms with Crippen LogP contribution < -0.4 is 9.47 Å². The van der Waals surface area contributed by atoms with Crippen LogP contribution in [-0.2, 0) is 6.54 Å². The Kier molecular flexibility index (Phi) is 3.10. The SMILES string of the molecule is COc1ccnc(Cn2cccc2)c1OC. The average Bonchev–Trinajstić information content (AvgIpc) is 2.81. The first kappa shape index (κ1) is 10.5. The van der Waals surface area contributed by atoms with Crippen LogP contribution in [0.5, 0.6) is 11.5 Å². The molecule has 0 amide bonds. The number of aromatic nitrogens is 2. The lowest BCUT2D eigenvalue weighted by molar-refractivity contribution is 0.348. The molecule has 0 aliphatic rings. The lowest BCUT2D eigenvalue weighted by atomic mass is 10.3. The van der Waals surface area contributed by atoms with Crippen molar-refractivity contribution in [2.24, 2.45) is 0 Å². The minimum absolute atomic E-state index is 0.674. The minimum Gasteiger partial charge on any atom is -0.493 e. The molecular weight excluding hydrogens is 204 g/mol. The van der Waals surface area contributed by atoms with Crippen LogP contribution in [-0.4, -0.2) is 23.8 Å². The monoisotopic (exact) mass is 218 g/mol. The van der Waals surface area contributed by atoms with Gasteiger partial charge in [-0.3, -0.25) is 4.98 Å². The number of methoxy groups -OCH3 is 2. The zero-order chi connectivity index (χ0) is 11.4. The van der Waals surface area contributed by atoms with Gasteiger partial charge in [-0.05, 0) is 12.1 Å². The molecule has 2 aromatic rings. The van der Waals surface area contributed by atoms with Crippen molar-refractivity contribution >= 4 is 0 Å². The van der Waals surface area contributed by atoms with Crippen LogP contribution in [0.1, 0.15) is 5.69 Å². The molecule has 0 spiro atoms. The van der Waals surface area contributed by atoms with Crippen LogP contribution in [0.15, 0.2) is 36.8 Å². The normalized spacial score (nSPS) is 10.1. The summed E-state index contributed by atoms with van der Waals surface area (Å²) in [5.41, 5.74) is 0.859. The van der Waals surface area contributed by atoms with E-state index in [0.717, 1.165) is 5.69 Å². The fourth-order valence-electron chi connectivity index (χ4n) is 1.61. The van der Waals surface area contributed by atoms with Gasteiger partial charge in [-0.15, -0.1) is 0 Å². The predicted molar refractivity (Wildman–Crippen MR) is 60.9 cm³/mol. The van der Waals surface area contributed by atoms with E-state index in [1.54, 1.807) is 26.5 Å². The fourth-order valence-corrected chi connectivity index (χ4v) is 1.61. The topological polar surface area (TPSA) is 36.3 Å². The van der Waals surface area contributed by atoms with Crippen molar-refractivity contribution in [2.75, 3.05) is 14.2 Å². The Hall–Kier alpha value is -1.97. The molecule has 0 bridgehead atoms. The van der Waals surface area contributed by atoms with Crippen LogP contribution in [0.4, 0.5) is 0 Å². The predicted octanol–water partition coefficient (Wildman–Crippen LogP) is 1.95. The first-order chi connectivity index (χ1) is 7.85. The van der Waals surface area contributed by atoms with Gasteiger partial charge in [-0.2, -0.15) is 0 Å². The molecule has 84 valence electrons. The maximum Gasteiger partial charge on any atom is 0.184 e. The second kappa shape index (κ2) is 4.70. The first-order valence-corrected chi connectivity index (χ1v) is 5.01. The standard InChI is InChI=1S/C12H14N2O2/c1-15-11-5-6-13-10(12(11)16-2)9-14-7-3-4-8-14/h3-8H,9H2,1-2H3. The van der Waals surface area contributed by atoms with E-state index >= 15 is 0 Å². The number of nitrogens with zero attached hydrogens (tertiary/aromatic N) is 2. The molecule has 4 nitrogen and oxygen atoms in total. The summed E-state index contributed by atoms with van der Waals surface area (Å²) in [5.74, 6) is 1.40. The van der Waals surface area contributed by atoms with Crippen molar-refractivity contribution in [1.29, 1.82) is 0 Å². The molecule has 16 heavy (non-hydrogen) atoms. The largest absolute Gasteiger partial charge is 0.493 e. The summed E-state index contributed by atoms with van der Waals surface area (Å²) in [6.07, 6.45) is 5.70. The molecule has 0 unspecified atom stereocenters. The van der Waals surface area contributed by atoms with Crippen molar-refractivity contribution < 1.29 is 9.47 Å². The summed E-state index contributed by atoms with van der Waals surface area (Å²) < 4.78 is 12.6. The molecular formula is C12H14N2O2. The number of pyridine rings is 1.